The van der Waals surface area contributed by atoms with Crippen molar-refractivity contribution in [1.29, 1.82) is 0 Å². The molecule has 2 aromatic rings. The number of aryl methyl sites for hydroxylation is 2. The van der Waals surface area contributed by atoms with Crippen LogP contribution in [0.2, 0.25) is 0 Å². The lowest BCUT2D eigenvalue weighted by molar-refractivity contribution is -0.115. The Kier molecular flexibility index (Phi) is 5.61. The number of halogens is 1. The van der Waals surface area contributed by atoms with E-state index in [1.165, 1.54) is 5.56 Å². The molecule has 0 saturated heterocycles. The van der Waals surface area contributed by atoms with Gasteiger partial charge in [0.2, 0.25) is 5.91 Å². The van der Waals surface area contributed by atoms with Crippen LogP contribution in [-0.2, 0) is 4.79 Å². The molecule has 0 fully saturated rings. The number of amides is 1. The molecule has 0 heterocycles. The summed E-state index contributed by atoms with van der Waals surface area (Å²) in [6.45, 7) is 7.26. The van der Waals surface area contributed by atoms with Gasteiger partial charge in [-0.3, -0.25) is 4.79 Å². The van der Waals surface area contributed by atoms with Crippen LogP contribution in [0, 0.1) is 13.8 Å². The molecule has 116 valence electrons. The molecule has 2 aromatic carbocycles. The van der Waals surface area contributed by atoms with E-state index in [1.54, 1.807) is 0 Å². The average Bonchev–Trinajstić information content (AvgIpc) is 2.48. The zero-order valence-corrected chi connectivity index (χ0v) is 14.8. The number of carbonyl (C=O) groups is 1. The Morgan fingerprint density at radius 1 is 1.18 bits per heavy atom. The minimum absolute atomic E-state index is 0.0147. The molecule has 0 atom stereocenters. The summed E-state index contributed by atoms with van der Waals surface area (Å²) in [6.07, 6.45) is 0. The zero-order chi connectivity index (χ0) is 16.1. The molecule has 1 N–H and O–H groups in total. The monoisotopic (exact) mass is 360 g/mol. The van der Waals surface area contributed by atoms with Gasteiger partial charge in [-0.15, -0.1) is 0 Å². The zero-order valence-electron chi connectivity index (χ0n) is 13.2. The first-order valence-corrected chi connectivity index (χ1v) is 8.16. The molecular formula is C18H21BrN2O. The Morgan fingerprint density at radius 3 is 2.59 bits per heavy atom. The van der Waals surface area contributed by atoms with Crippen molar-refractivity contribution in [1.82, 2.24) is 0 Å². The van der Waals surface area contributed by atoms with Gasteiger partial charge in [-0.1, -0.05) is 34.1 Å². The summed E-state index contributed by atoms with van der Waals surface area (Å²) in [5.41, 5.74) is 4.22. The molecule has 0 aromatic heterocycles. The fourth-order valence-electron chi connectivity index (χ4n) is 2.25. The van der Waals surface area contributed by atoms with E-state index in [0.717, 1.165) is 28.0 Å². The van der Waals surface area contributed by atoms with E-state index in [4.69, 9.17) is 0 Å². The van der Waals surface area contributed by atoms with Gasteiger partial charge in [-0.05, 0) is 56.2 Å². The van der Waals surface area contributed by atoms with Crippen LogP contribution >= 0.6 is 15.9 Å². The topological polar surface area (TPSA) is 32.3 Å². The van der Waals surface area contributed by atoms with Crippen molar-refractivity contribution in [2.24, 2.45) is 0 Å². The quantitative estimate of drug-likeness (QED) is 0.849. The maximum atomic E-state index is 12.3. The van der Waals surface area contributed by atoms with Gasteiger partial charge in [0.15, 0.2) is 0 Å². The second-order valence-corrected chi connectivity index (χ2v) is 6.22. The van der Waals surface area contributed by atoms with E-state index in [9.17, 15) is 4.79 Å². The van der Waals surface area contributed by atoms with Gasteiger partial charge in [-0.2, -0.15) is 0 Å². The van der Waals surface area contributed by atoms with Crippen LogP contribution in [-0.4, -0.2) is 19.0 Å². The summed E-state index contributed by atoms with van der Waals surface area (Å²) >= 11 is 3.48. The van der Waals surface area contributed by atoms with Crippen molar-refractivity contribution in [2.75, 3.05) is 23.3 Å². The number of nitrogens with zero attached hydrogens (tertiary/aromatic N) is 1. The lowest BCUT2D eigenvalue weighted by atomic mass is 10.2. The first-order chi connectivity index (χ1) is 10.5. The molecule has 0 radical (unpaired) electrons. The van der Waals surface area contributed by atoms with Crippen LogP contribution in [0.25, 0.3) is 0 Å². The normalized spacial score (nSPS) is 10.4. The SMILES string of the molecule is CCN(CC(=O)Nc1ccc(C)c(Br)c1)c1cccc(C)c1. The van der Waals surface area contributed by atoms with E-state index < -0.39 is 0 Å². The fourth-order valence-corrected chi connectivity index (χ4v) is 2.63. The molecule has 0 unspecified atom stereocenters. The van der Waals surface area contributed by atoms with Gasteiger partial charge in [0.05, 0.1) is 6.54 Å². The molecule has 0 aliphatic heterocycles. The Morgan fingerprint density at radius 2 is 1.95 bits per heavy atom. The third-order valence-electron chi connectivity index (χ3n) is 3.54. The number of rotatable bonds is 5. The maximum Gasteiger partial charge on any atom is 0.243 e. The van der Waals surface area contributed by atoms with E-state index in [2.05, 4.69) is 52.1 Å². The van der Waals surface area contributed by atoms with Crippen LogP contribution < -0.4 is 10.2 Å². The molecule has 3 nitrogen and oxygen atoms in total. The summed E-state index contributed by atoms with van der Waals surface area (Å²) in [4.78, 5) is 14.3. The van der Waals surface area contributed by atoms with Crippen molar-refractivity contribution >= 4 is 33.2 Å². The predicted octanol–water partition coefficient (Wildman–Crippen LogP) is 4.53. The van der Waals surface area contributed by atoms with Crippen LogP contribution in [0.5, 0.6) is 0 Å². The number of likely N-dealkylation sites (N-methyl/N-ethyl adjacent to an activating group) is 1. The van der Waals surface area contributed by atoms with Crippen LogP contribution in [0.3, 0.4) is 0 Å². The molecule has 1 amide bonds. The Labute approximate surface area is 140 Å². The van der Waals surface area contributed by atoms with E-state index in [1.807, 2.05) is 37.3 Å². The largest absolute Gasteiger partial charge is 0.362 e. The predicted molar refractivity (Wildman–Crippen MR) is 96.6 cm³/mol. The van der Waals surface area contributed by atoms with Gasteiger partial charge >= 0.3 is 0 Å². The molecule has 0 bridgehead atoms. The summed E-state index contributed by atoms with van der Waals surface area (Å²) in [7, 11) is 0. The molecule has 4 heteroatoms. The third kappa shape index (κ3) is 4.34. The van der Waals surface area contributed by atoms with E-state index >= 15 is 0 Å². The highest BCUT2D eigenvalue weighted by Crippen LogP contribution is 2.21. The number of nitrogens with one attached hydrogen (secondary N) is 1. The van der Waals surface area contributed by atoms with Gasteiger partial charge in [0, 0.05) is 22.4 Å². The first kappa shape index (κ1) is 16.6. The minimum Gasteiger partial charge on any atom is -0.362 e. The second-order valence-electron chi connectivity index (χ2n) is 5.37. The van der Waals surface area contributed by atoms with Crippen LogP contribution in [0.1, 0.15) is 18.1 Å². The summed E-state index contributed by atoms with van der Waals surface area (Å²) < 4.78 is 0.997. The minimum atomic E-state index is -0.0147. The van der Waals surface area contributed by atoms with Crippen LogP contribution in [0.15, 0.2) is 46.9 Å². The van der Waals surface area contributed by atoms with Gasteiger partial charge in [0.1, 0.15) is 0 Å². The lowest BCUT2D eigenvalue weighted by Gasteiger charge is -2.23. The van der Waals surface area contributed by atoms with Gasteiger partial charge in [-0.25, -0.2) is 0 Å². The first-order valence-electron chi connectivity index (χ1n) is 7.37. The highest BCUT2D eigenvalue weighted by molar-refractivity contribution is 9.10. The average molecular weight is 361 g/mol. The van der Waals surface area contributed by atoms with Gasteiger partial charge < -0.3 is 10.2 Å². The summed E-state index contributed by atoms with van der Waals surface area (Å²) in [5.74, 6) is -0.0147. The highest BCUT2D eigenvalue weighted by atomic mass is 79.9. The lowest BCUT2D eigenvalue weighted by Crippen LogP contribution is -2.33. The molecular weight excluding hydrogens is 340 g/mol. The van der Waals surface area contributed by atoms with E-state index in [-0.39, 0.29) is 5.91 Å². The van der Waals surface area contributed by atoms with Crippen molar-refractivity contribution in [3.8, 4) is 0 Å². The second kappa shape index (κ2) is 7.45. The Hall–Kier alpha value is -1.81. The van der Waals surface area contributed by atoms with Crippen LogP contribution in [0.4, 0.5) is 11.4 Å². The standard InChI is InChI=1S/C18H21BrN2O/c1-4-21(16-7-5-6-13(2)10-16)12-18(22)20-15-9-8-14(3)17(19)11-15/h5-11H,4,12H2,1-3H3,(H,20,22). The summed E-state index contributed by atoms with van der Waals surface area (Å²) in [6, 6.07) is 14.0. The molecule has 0 aliphatic carbocycles. The van der Waals surface area contributed by atoms with Crippen molar-refractivity contribution in [3.63, 3.8) is 0 Å². The summed E-state index contributed by atoms with van der Waals surface area (Å²) in [5, 5.41) is 2.95. The molecule has 2 rings (SSSR count). The van der Waals surface area contributed by atoms with E-state index in [0.29, 0.717) is 6.54 Å². The molecule has 22 heavy (non-hydrogen) atoms. The van der Waals surface area contributed by atoms with Crippen molar-refractivity contribution in [2.45, 2.75) is 20.8 Å². The Balaban J connectivity index is 2.04. The Bertz CT molecular complexity index is 670. The van der Waals surface area contributed by atoms with Crippen molar-refractivity contribution < 1.29 is 4.79 Å². The molecule has 0 spiro atoms. The highest BCUT2D eigenvalue weighted by Gasteiger charge is 2.10. The number of hydrogen-bond acceptors (Lipinski definition) is 2. The number of anilines is 2. The number of benzene rings is 2. The smallest absolute Gasteiger partial charge is 0.243 e. The third-order valence-corrected chi connectivity index (χ3v) is 4.39. The van der Waals surface area contributed by atoms with Gasteiger partial charge in [0.25, 0.3) is 0 Å². The molecule has 0 saturated carbocycles. The number of carbonyl (C=O) groups excluding carboxylic acids is 1. The fraction of sp³-hybridized carbons (Fsp3) is 0.278. The number of hydrogen-bond donors (Lipinski definition) is 1. The maximum absolute atomic E-state index is 12.3. The van der Waals surface area contributed by atoms with Crippen molar-refractivity contribution in [3.05, 3.63) is 58.1 Å². The molecule has 0 aliphatic rings.